The van der Waals surface area contributed by atoms with Crippen LogP contribution in [0.15, 0.2) is 59.1 Å². The Morgan fingerprint density at radius 1 is 0.673 bits per heavy atom. The Bertz CT molecular complexity index is 1910. The van der Waals surface area contributed by atoms with Crippen LogP contribution in [0.3, 0.4) is 0 Å². The van der Waals surface area contributed by atoms with Crippen molar-refractivity contribution in [1.29, 1.82) is 0 Å². The number of nitrogens with zero attached hydrogens (tertiary/aromatic N) is 3. The molecule has 4 saturated heterocycles. The first kappa shape index (κ1) is 37.8. The SMILES string of the molecule is CC1(C)CC(C)(C(=O)N2CCCC2C(=O)Nc2ccc(-c3cnc(-c4ccc(NC(=O)C5CCCN5C(=O)C5(C)CC(C)(C)C(=O)N5)cc4)o3)cc2)NC1=O. The molecule has 5 heterocycles. The Balaban J connectivity index is 0.944. The molecule has 4 N–H and O–H groups in total. The van der Waals surface area contributed by atoms with Crippen LogP contribution in [0.1, 0.15) is 80.1 Å². The van der Waals surface area contributed by atoms with E-state index < -0.39 is 34.0 Å². The number of benzene rings is 2. The number of hydrogen-bond acceptors (Lipinski definition) is 8. The summed E-state index contributed by atoms with van der Waals surface area (Å²) >= 11 is 0. The molecule has 4 aliphatic heterocycles. The first-order valence-electron chi connectivity index (χ1n) is 19.0. The number of anilines is 2. The van der Waals surface area contributed by atoms with Gasteiger partial charge < -0.3 is 35.5 Å². The van der Waals surface area contributed by atoms with Crippen LogP contribution in [-0.2, 0) is 28.8 Å². The molecule has 2 aromatic carbocycles. The minimum absolute atomic E-state index is 0.165. The van der Waals surface area contributed by atoms with Crippen molar-refractivity contribution < 1.29 is 33.2 Å². The molecule has 4 atom stereocenters. The van der Waals surface area contributed by atoms with E-state index in [0.29, 0.717) is 80.2 Å². The zero-order valence-electron chi connectivity index (χ0n) is 32.2. The van der Waals surface area contributed by atoms with Gasteiger partial charge in [-0.25, -0.2) is 4.98 Å². The van der Waals surface area contributed by atoms with Crippen molar-refractivity contribution in [3.05, 3.63) is 54.7 Å². The van der Waals surface area contributed by atoms with Gasteiger partial charge in [-0.05, 0) is 101 Å². The maximum atomic E-state index is 13.6. The van der Waals surface area contributed by atoms with E-state index in [1.54, 1.807) is 66.2 Å². The molecule has 6 amide bonds. The average Bonchev–Trinajstić information content (AvgIpc) is 3.96. The molecule has 0 bridgehead atoms. The van der Waals surface area contributed by atoms with Crippen molar-refractivity contribution in [2.45, 2.75) is 103 Å². The van der Waals surface area contributed by atoms with Crippen LogP contribution in [0.5, 0.6) is 0 Å². The van der Waals surface area contributed by atoms with Crippen LogP contribution >= 0.6 is 0 Å². The van der Waals surface area contributed by atoms with E-state index in [9.17, 15) is 28.8 Å². The van der Waals surface area contributed by atoms with Crippen LogP contribution in [0, 0.1) is 10.8 Å². The van der Waals surface area contributed by atoms with E-state index in [0.717, 1.165) is 5.56 Å². The van der Waals surface area contributed by atoms with Crippen molar-refractivity contribution in [2.24, 2.45) is 10.8 Å². The first-order chi connectivity index (χ1) is 25.9. The summed E-state index contributed by atoms with van der Waals surface area (Å²) in [6.45, 7) is 11.6. The third-order valence-corrected chi connectivity index (χ3v) is 11.5. The summed E-state index contributed by atoms with van der Waals surface area (Å²) in [6.07, 6.45) is 4.82. The lowest BCUT2D eigenvalue weighted by molar-refractivity contribution is -0.142. The van der Waals surface area contributed by atoms with Crippen LogP contribution < -0.4 is 21.3 Å². The molecule has 1 aromatic heterocycles. The van der Waals surface area contributed by atoms with Crippen LogP contribution in [0.25, 0.3) is 22.8 Å². The number of carbonyl (C=O) groups excluding carboxylic acids is 6. The highest BCUT2D eigenvalue weighted by molar-refractivity contribution is 6.03. The second-order valence-corrected chi connectivity index (χ2v) is 17.2. The van der Waals surface area contributed by atoms with Crippen LogP contribution in [0.2, 0.25) is 0 Å². The molecule has 7 rings (SSSR count). The fourth-order valence-corrected chi connectivity index (χ4v) is 8.72. The Hall–Kier alpha value is -5.53. The van der Waals surface area contributed by atoms with E-state index >= 15 is 0 Å². The minimum atomic E-state index is -1.05. The Morgan fingerprint density at radius 2 is 1.09 bits per heavy atom. The summed E-state index contributed by atoms with van der Waals surface area (Å²) in [7, 11) is 0. The molecule has 4 unspecified atom stereocenters. The van der Waals surface area contributed by atoms with Gasteiger partial charge in [0, 0.05) is 46.4 Å². The van der Waals surface area contributed by atoms with E-state index in [1.165, 1.54) is 0 Å². The van der Waals surface area contributed by atoms with E-state index in [-0.39, 0.29) is 35.4 Å². The van der Waals surface area contributed by atoms with Crippen molar-refractivity contribution >= 4 is 46.8 Å². The maximum Gasteiger partial charge on any atom is 0.248 e. The average molecular weight is 752 g/mol. The predicted octanol–water partition coefficient (Wildman–Crippen LogP) is 4.48. The van der Waals surface area contributed by atoms with Gasteiger partial charge in [0.25, 0.3) is 0 Å². The molecule has 14 nitrogen and oxygen atoms in total. The van der Waals surface area contributed by atoms with Gasteiger partial charge in [0.1, 0.15) is 23.2 Å². The molecule has 0 aliphatic carbocycles. The summed E-state index contributed by atoms with van der Waals surface area (Å²) in [5.74, 6) is -0.460. The molecule has 0 radical (unpaired) electrons. The Kier molecular flexibility index (Phi) is 9.37. The van der Waals surface area contributed by atoms with Crippen molar-refractivity contribution in [2.75, 3.05) is 23.7 Å². The lowest BCUT2D eigenvalue weighted by Gasteiger charge is -2.32. The summed E-state index contributed by atoms with van der Waals surface area (Å²) in [5.41, 5.74) is -0.835. The Labute approximate surface area is 320 Å². The van der Waals surface area contributed by atoms with Gasteiger partial charge >= 0.3 is 0 Å². The van der Waals surface area contributed by atoms with Gasteiger partial charge in [0.05, 0.1) is 6.20 Å². The fraction of sp³-hybridized carbons (Fsp3) is 0.488. The number of rotatable bonds is 8. The molecule has 55 heavy (non-hydrogen) atoms. The monoisotopic (exact) mass is 751 g/mol. The number of carbonyl (C=O) groups is 6. The molecule has 0 spiro atoms. The number of aromatic nitrogens is 1. The molecule has 290 valence electrons. The lowest BCUT2D eigenvalue weighted by Crippen LogP contribution is -2.56. The normalized spacial score (nSPS) is 26.8. The molecular formula is C41H49N7O7. The standard InChI is InChI=1S/C41H49N7O7/c1-38(2)22-40(5,45-34(38)51)36(53)47-19-7-9-28(47)31(49)43-26-15-11-24(12-16-26)30-21-42-33(55-30)25-13-17-27(18-14-25)44-32(50)29-10-8-20-48(29)37(54)41(6)23-39(3,4)35(52)46-41/h11-18,21,28-29H,7-10,19-20,22-23H2,1-6H3,(H,43,49)(H,44,50)(H,45,51)(H,46,52). The van der Waals surface area contributed by atoms with E-state index in [2.05, 4.69) is 26.3 Å². The van der Waals surface area contributed by atoms with Crippen LogP contribution in [0.4, 0.5) is 11.4 Å². The summed E-state index contributed by atoms with van der Waals surface area (Å²) in [4.78, 5) is 86.4. The Morgan fingerprint density at radius 3 is 1.49 bits per heavy atom. The summed E-state index contributed by atoms with van der Waals surface area (Å²) in [6, 6.07) is 13.0. The van der Waals surface area contributed by atoms with Crippen molar-refractivity contribution in [1.82, 2.24) is 25.4 Å². The topological polar surface area (TPSA) is 183 Å². The zero-order valence-corrected chi connectivity index (χ0v) is 32.2. The number of hydrogen-bond donors (Lipinski definition) is 4. The maximum absolute atomic E-state index is 13.6. The van der Waals surface area contributed by atoms with Gasteiger partial charge in [0.2, 0.25) is 41.3 Å². The van der Waals surface area contributed by atoms with Gasteiger partial charge in [-0.3, -0.25) is 28.8 Å². The number of oxazole rings is 1. The minimum Gasteiger partial charge on any atom is -0.436 e. The largest absolute Gasteiger partial charge is 0.436 e. The number of nitrogens with one attached hydrogen (secondary N) is 4. The van der Waals surface area contributed by atoms with Gasteiger partial charge in [0.15, 0.2) is 5.76 Å². The van der Waals surface area contributed by atoms with Crippen LogP contribution in [-0.4, -0.2) is 86.5 Å². The highest BCUT2D eigenvalue weighted by atomic mass is 16.4. The zero-order chi connectivity index (χ0) is 39.5. The van der Waals surface area contributed by atoms with E-state index in [4.69, 9.17) is 4.42 Å². The quantitative estimate of drug-likeness (QED) is 0.260. The second-order valence-electron chi connectivity index (χ2n) is 17.2. The predicted molar refractivity (Wildman–Crippen MR) is 204 cm³/mol. The summed E-state index contributed by atoms with van der Waals surface area (Å²) < 4.78 is 6.07. The molecule has 0 saturated carbocycles. The van der Waals surface area contributed by atoms with Crippen molar-refractivity contribution in [3.8, 4) is 22.8 Å². The summed E-state index contributed by atoms with van der Waals surface area (Å²) in [5, 5.41) is 11.6. The third-order valence-electron chi connectivity index (χ3n) is 11.5. The number of likely N-dealkylation sites (tertiary alicyclic amines) is 2. The molecule has 4 aliphatic rings. The van der Waals surface area contributed by atoms with Gasteiger partial charge in [-0.2, -0.15) is 0 Å². The third kappa shape index (κ3) is 7.09. The number of amides is 6. The van der Waals surface area contributed by atoms with Gasteiger partial charge in [-0.15, -0.1) is 0 Å². The fourth-order valence-electron chi connectivity index (χ4n) is 8.72. The first-order valence-corrected chi connectivity index (χ1v) is 19.0. The van der Waals surface area contributed by atoms with Crippen molar-refractivity contribution in [3.63, 3.8) is 0 Å². The highest BCUT2D eigenvalue weighted by Crippen LogP contribution is 2.39. The lowest BCUT2D eigenvalue weighted by atomic mass is 9.83. The smallest absolute Gasteiger partial charge is 0.248 e. The molecular weight excluding hydrogens is 702 g/mol. The molecule has 4 fully saturated rings. The second kappa shape index (κ2) is 13.6. The highest BCUT2D eigenvalue weighted by Gasteiger charge is 2.54. The van der Waals surface area contributed by atoms with Gasteiger partial charge in [-0.1, -0.05) is 27.7 Å². The molecule has 3 aromatic rings. The molecule has 14 heteroatoms. The van der Waals surface area contributed by atoms with E-state index in [1.807, 2.05) is 39.8 Å².